The zero-order valence-electron chi connectivity index (χ0n) is 17.9. The summed E-state index contributed by atoms with van der Waals surface area (Å²) >= 11 is 1.75. The molecule has 1 N–H and O–H groups in total. The van der Waals surface area contributed by atoms with E-state index in [4.69, 9.17) is 0 Å². The van der Waals surface area contributed by atoms with Gasteiger partial charge >= 0.3 is 0 Å². The quantitative estimate of drug-likeness (QED) is 0.662. The minimum absolute atomic E-state index is 0.0223. The van der Waals surface area contributed by atoms with Crippen molar-refractivity contribution in [3.05, 3.63) is 81.2 Å². The van der Waals surface area contributed by atoms with Gasteiger partial charge in [0.05, 0.1) is 5.56 Å². The highest BCUT2D eigenvalue weighted by Gasteiger charge is 2.42. The van der Waals surface area contributed by atoms with Crippen molar-refractivity contribution in [3.63, 3.8) is 0 Å². The van der Waals surface area contributed by atoms with Crippen molar-refractivity contribution in [1.82, 2.24) is 5.32 Å². The maximum Gasteiger partial charge on any atom is 0.256 e. The fraction of sp³-hybridized carbons (Fsp3) is 0.320. The fourth-order valence-corrected chi connectivity index (χ4v) is 5.96. The summed E-state index contributed by atoms with van der Waals surface area (Å²) in [7, 11) is 4.12. The number of carbonyl (C=O) groups is 1. The van der Waals surface area contributed by atoms with Crippen LogP contribution in [0.1, 0.15) is 43.4 Å². The highest BCUT2D eigenvalue weighted by molar-refractivity contribution is 7.16. The van der Waals surface area contributed by atoms with Gasteiger partial charge in [0.2, 0.25) is 0 Å². The SMILES string of the molecule is Cc1sc2c(c1C)C(=O)NC1C(Cc3ccc(N(C)C)cc3)c3ccccc3CN21. The molecule has 2 atom stereocenters. The molecular weight excluding hydrogens is 390 g/mol. The molecule has 0 aliphatic carbocycles. The number of fused-ring (bicyclic) bond motifs is 4. The van der Waals surface area contributed by atoms with Gasteiger partial charge in [0.1, 0.15) is 11.2 Å². The van der Waals surface area contributed by atoms with Crippen LogP contribution in [0.3, 0.4) is 0 Å². The molecular formula is C25H27N3OS. The Bertz CT molecular complexity index is 1120. The van der Waals surface area contributed by atoms with Crippen LogP contribution in [0, 0.1) is 13.8 Å². The number of nitrogens with one attached hydrogen (secondary N) is 1. The Morgan fingerprint density at radius 3 is 2.57 bits per heavy atom. The third-order valence-electron chi connectivity index (χ3n) is 6.55. The minimum Gasteiger partial charge on any atom is -0.378 e. The molecule has 3 aromatic rings. The molecule has 0 saturated heterocycles. The Kier molecular flexibility index (Phi) is 4.58. The lowest BCUT2D eigenvalue weighted by Crippen LogP contribution is -2.57. The number of carbonyl (C=O) groups excluding carboxylic acids is 1. The Morgan fingerprint density at radius 1 is 1.10 bits per heavy atom. The third kappa shape index (κ3) is 3.00. The molecule has 2 aromatic carbocycles. The van der Waals surface area contributed by atoms with E-state index in [9.17, 15) is 4.79 Å². The second kappa shape index (κ2) is 7.17. The molecule has 3 heterocycles. The van der Waals surface area contributed by atoms with E-state index >= 15 is 0 Å². The summed E-state index contributed by atoms with van der Waals surface area (Å²) in [5, 5.41) is 4.48. The number of nitrogens with zero attached hydrogens (tertiary/aromatic N) is 2. The van der Waals surface area contributed by atoms with Crippen molar-refractivity contribution in [1.29, 1.82) is 0 Å². The lowest BCUT2D eigenvalue weighted by atomic mass is 9.82. The van der Waals surface area contributed by atoms with Gasteiger partial charge in [-0.05, 0) is 54.7 Å². The van der Waals surface area contributed by atoms with Gasteiger partial charge in [0.15, 0.2) is 0 Å². The Hall–Kier alpha value is -2.79. The predicted octanol–water partition coefficient (Wildman–Crippen LogP) is 4.85. The van der Waals surface area contributed by atoms with Crippen LogP contribution in [-0.2, 0) is 13.0 Å². The Labute approximate surface area is 182 Å². The smallest absolute Gasteiger partial charge is 0.256 e. The maximum absolute atomic E-state index is 13.1. The summed E-state index contributed by atoms with van der Waals surface area (Å²) < 4.78 is 0. The standard InChI is InChI=1S/C25H27N3OS/c1-15-16(2)30-25-22(15)24(29)26-23-21(13-17-9-11-19(12-10-17)27(3)4)20-8-6-5-7-18(20)14-28(23)25/h5-12,21,23H,13-14H2,1-4H3,(H,26,29). The lowest BCUT2D eigenvalue weighted by molar-refractivity contribution is 0.0916. The van der Waals surface area contributed by atoms with Crippen molar-refractivity contribution >= 4 is 27.9 Å². The van der Waals surface area contributed by atoms with E-state index in [2.05, 4.69) is 91.6 Å². The summed E-state index contributed by atoms with van der Waals surface area (Å²) in [5.41, 5.74) is 7.17. The normalized spacial score (nSPS) is 19.6. The zero-order chi connectivity index (χ0) is 21.0. The van der Waals surface area contributed by atoms with Crippen molar-refractivity contribution in [2.75, 3.05) is 23.9 Å². The van der Waals surface area contributed by atoms with Crippen LogP contribution < -0.4 is 15.1 Å². The van der Waals surface area contributed by atoms with E-state index in [0.29, 0.717) is 0 Å². The number of thiophene rings is 1. The largest absolute Gasteiger partial charge is 0.378 e. The summed E-state index contributed by atoms with van der Waals surface area (Å²) in [6.45, 7) is 5.01. The van der Waals surface area contributed by atoms with Crippen molar-refractivity contribution < 1.29 is 4.79 Å². The van der Waals surface area contributed by atoms with Crippen molar-refractivity contribution in [3.8, 4) is 0 Å². The summed E-state index contributed by atoms with van der Waals surface area (Å²) in [6.07, 6.45) is 0.871. The average molecular weight is 418 g/mol. The number of anilines is 2. The van der Waals surface area contributed by atoms with Gasteiger partial charge in [-0.3, -0.25) is 4.79 Å². The number of hydrogen-bond acceptors (Lipinski definition) is 4. The second-order valence-electron chi connectivity index (χ2n) is 8.58. The number of amides is 1. The van der Waals surface area contributed by atoms with E-state index in [1.54, 1.807) is 11.3 Å². The molecule has 1 aromatic heterocycles. The minimum atomic E-state index is -0.0223. The fourth-order valence-electron chi connectivity index (χ4n) is 4.78. The first-order valence-electron chi connectivity index (χ1n) is 10.5. The maximum atomic E-state index is 13.1. The molecule has 0 saturated carbocycles. The molecule has 0 fully saturated rings. The first kappa shape index (κ1) is 19.2. The Morgan fingerprint density at radius 2 is 1.83 bits per heavy atom. The Balaban J connectivity index is 1.56. The van der Waals surface area contributed by atoms with Crippen LogP contribution in [0.15, 0.2) is 48.5 Å². The van der Waals surface area contributed by atoms with Gasteiger partial charge in [0, 0.05) is 37.1 Å². The number of benzene rings is 2. The second-order valence-corrected chi connectivity index (χ2v) is 9.78. The van der Waals surface area contributed by atoms with E-state index in [-0.39, 0.29) is 18.0 Å². The molecule has 5 heteroatoms. The van der Waals surface area contributed by atoms with Gasteiger partial charge in [-0.25, -0.2) is 0 Å². The number of rotatable bonds is 3. The molecule has 4 nitrogen and oxygen atoms in total. The third-order valence-corrected chi connectivity index (χ3v) is 7.80. The van der Waals surface area contributed by atoms with Gasteiger partial charge in [0.25, 0.3) is 5.91 Å². The van der Waals surface area contributed by atoms with Gasteiger partial charge in [-0.2, -0.15) is 0 Å². The monoisotopic (exact) mass is 417 g/mol. The number of aryl methyl sites for hydroxylation is 1. The lowest BCUT2D eigenvalue weighted by Gasteiger charge is -2.46. The summed E-state index contributed by atoms with van der Waals surface area (Å²) in [4.78, 5) is 18.8. The topological polar surface area (TPSA) is 35.6 Å². The molecule has 2 aliphatic heterocycles. The van der Waals surface area contributed by atoms with Crippen molar-refractivity contribution in [2.24, 2.45) is 0 Å². The van der Waals surface area contributed by atoms with E-state index in [0.717, 1.165) is 29.1 Å². The average Bonchev–Trinajstić information content (AvgIpc) is 3.04. The zero-order valence-corrected chi connectivity index (χ0v) is 18.7. The van der Waals surface area contributed by atoms with Crippen LogP contribution in [-0.4, -0.2) is 26.2 Å². The molecule has 154 valence electrons. The van der Waals surface area contributed by atoms with Crippen LogP contribution in [0.25, 0.3) is 0 Å². The predicted molar refractivity (Wildman–Crippen MR) is 125 cm³/mol. The van der Waals surface area contributed by atoms with Crippen molar-refractivity contribution in [2.45, 2.75) is 38.9 Å². The van der Waals surface area contributed by atoms with Crippen LogP contribution >= 0.6 is 11.3 Å². The van der Waals surface area contributed by atoms with E-state index in [1.807, 2.05) is 0 Å². The van der Waals surface area contributed by atoms with Gasteiger partial charge in [-0.1, -0.05) is 36.4 Å². The highest BCUT2D eigenvalue weighted by atomic mass is 32.1. The van der Waals surface area contributed by atoms with Crippen LogP contribution in [0.2, 0.25) is 0 Å². The van der Waals surface area contributed by atoms with Gasteiger partial charge < -0.3 is 15.1 Å². The molecule has 1 amide bonds. The molecule has 0 bridgehead atoms. The number of hydrogen-bond donors (Lipinski definition) is 1. The molecule has 30 heavy (non-hydrogen) atoms. The first-order chi connectivity index (χ1) is 14.4. The molecule has 0 spiro atoms. The van der Waals surface area contributed by atoms with E-state index in [1.165, 1.54) is 27.3 Å². The van der Waals surface area contributed by atoms with Gasteiger partial charge in [-0.15, -0.1) is 11.3 Å². The van der Waals surface area contributed by atoms with Crippen LogP contribution in [0.5, 0.6) is 0 Å². The molecule has 5 rings (SSSR count). The molecule has 0 radical (unpaired) electrons. The van der Waals surface area contributed by atoms with E-state index < -0.39 is 0 Å². The molecule has 2 unspecified atom stereocenters. The summed E-state index contributed by atoms with van der Waals surface area (Å²) in [6, 6.07) is 17.5. The summed E-state index contributed by atoms with van der Waals surface area (Å²) in [5.74, 6) is 0.278. The molecule has 2 aliphatic rings. The first-order valence-corrected chi connectivity index (χ1v) is 11.3. The van der Waals surface area contributed by atoms with Crippen LogP contribution in [0.4, 0.5) is 10.7 Å². The highest BCUT2D eigenvalue weighted by Crippen LogP contribution is 2.45.